The second-order valence-corrected chi connectivity index (χ2v) is 6.36. The minimum Gasteiger partial charge on any atom is -0.349 e. The van der Waals surface area contributed by atoms with Gasteiger partial charge in [0.15, 0.2) is 5.78 Å². The molecule has 120 valence electrons. The van der Waals surface area contributed by atoms with Crippen molar-refractivity contribution < 1.29 is 10.5 Å². The van der Waals surface area contributed by atoms with Crippen LogP contribution in [0.2, 0.25) is 0 Å². The first-order chi connectivity index (χ1) is 9.68. The molecule has 0 saturated heterocycles. The Kier molecular flexibility index (Phi) is 14.7. The van der Waals surface area contributed by atoms with Crippen LogP contribution in [0.1, 0.15) is 104 Å². The molecule has 0 aromatic carbocycles. The molecule has 0 radical (unpaired) electrons. The summed E-state index contributed by atoms with van der Waals surface area (Å²) in [5, 5.41) is 0. The van der Waals surface area contributed by atoms with Gasteiger partial charge in [-0.2, -0.15) is 0 Å². The Hall–Kier alpha value is -0.370. The monoisotopic (exact) mass is 284 g/mol. The van der Waals surface area contributed by atoms with E-state index < -0.39 is 0 Å². The van der Waals surface area contributed by atoms with Crippen molar-refractivity contribution in [3.05, 3.63) is 0 Å². The fourth-order valence-corrected chi connectivity index (χ4v) is 2.56. The number of ketones is 1. The van der Waals surface area contributed by atoms with Crippen LogP contribution in [0.5, 0.6) is 0 Å². The SMILES string of the molecule is CCCCCCCCCCCCCCCC(=O)[C@@H](C)[NH3+]. The van der Waals surface area contributed by atoms with E-state index in [1.165, 1.54) is 77.0 Å². The predicted octanol–water partition coefficient (Wildman–Crippen LogP) is 4.67. The first-order valence-electron chi connectivity index (χ1n) is 9.04. The molecule has 1 atom stereocenters. The lowest BCUT2D eigenvalue weighted by molar-refractivity contribution is -0.397. The molecule has 0 aliphatic heterocycles. The smallest absolute Gasteiger partial charge is 0.189 e. The molecule has 0 saturated carbocycles. The Bertz CT molecular complexity index is 213. The van der Waals surface area contributed by atoms with E-state index in [0.717, 1.165) is 12.8 Å². The number of Topliss-reactive ketones (excluding diaryl/α,β-unsaturated/α-hetero) is 1. The molecule has 0 unspecified atom stereocenters. The van der Waals surface area contributed by atoms with Gasteiger partial charge in [-0.15, -0.1) is 0 Å². The number of unbranched alkanes of at least 4 members (excludes halogenated alkanes) is 12. The zero-order chi connectivity index (χ0) is 15.1. The molecule has 0 heterocycles. The van der Waals surface area contributed by atoms with Crippen molar-refractivity contribution in [3.8, 4) is 0 Å². The molecule has 0 aromatic rings. The van der Waals surface area contributed by atoms with Crippen LogP contribution in [0.3, 0.4) is 0 Å². The van der Waals surface area contributed by atoms with Gasteiger partial charge in [-0.05, 0) is 13.3 Å². The number of carbonyl (C=O) groups excluding carboxylic acids is 1. The summed E-state index contributed by atoms with van der Waals surface area (Å²) in [4.78, 5) is 11.4. The highest BCUT2D eigenvalue weighted by atomic mass is 16.1. The summed E-state index contributed by atoms with van der Waals surface area (Å²) in [7, 11) is 0. The van der Waals surface area contributed by atoms with Crippen LogP contribution in [0.15, 0.2) is 0 Å². The topological polar surface area (TPSA) is 44.7 Å². The van der Waals surface area contributed by atoms with Gasteiger partial charge in [-0.1, -0.05) is 84.0 Å². The predicted molar refractivity (Wildman–Crippen MR) is 87.7 cm³/mol. The molecule has 0 bridgehead atoms. The third-order valence-corrected chi connectivity index (χ3v) is 4.08. The van der Waals surface area contributed by atoms with Crippen LogP contribution >= 0.6 is 0 Å². The summed E-state index contributed by atoms with van der Waals surface area (Å²) in [6.45, 7) is 4.17. The van der Waals surface area contributed by atoms with Crippen LogP contribution in [0, 0.1) is 0 Å². The van der Waals surface area contributed by atoms with E-state index in [0.29, 0.717) is 5.78 Å². The fourth-order valence-electron chi connectivity index (χ4n) is 2.56. The van der Waals surface area contributed by atoms with E-state index in [2.05, 4.69) is 12.7 Å². The quantitative estimate of drug-likeness (QED) is 0.436. The van der Waals surface area contributed by atoms with Crippen LogP contribution < -0.4 is 5.73 Å². The summed E-state index contributed by atoms with van der Waals surface area (Å²) >= 11 is 0. The van der Waals surface area contributed by atoms with Gasteiger partial charge in [0.25, 0.3) is 0 Å². The molecule has 0 aliphatic carbocycles. The zero-order valence-electron chi connectivity index (χ0n) is 14.1. The molecular weight excluding hydrogens is 246 g/mol. The van der Waals surface area contributed by atoms with Gasteiger partial charge < -0.3 is 5.73 Å². The first-order valence-corrected chi connectivity index (χ1v) is 9.04. The Labute approximate surface area is 126 Å². The minimum atomic E-state index is -0.0210. The lowest BCUT2D eigenvalue weighted by Gasteiger charge is -2.03. The molecule has 0 aliphatic rings. The second-order valence-electron chi connectivity index (χ2n) is 6.36. The summed E-state index contributed by atoms with van der Waals surface area (Å²) in [6.07, 6.45) is 18.4. The maximum atomic E-state index is 11.4. The number of hydrogen-bond acceptors (Lipinski definition) is 1. The highest BCUT2D eigenvalue weighted by molar-refractivity contribution is 5.81. The third kappa shape index (κ3) is 14.0. The Morgan fingerprint density at radius 2 is 1.10 bits per heavy atom. The van der Waals surface area contributed by atoms with E-state index in [9.17, 15) is 4.79 Å². The van der Waals surface area contributed by atoms with Gasteiger partial charge in [0.05, 0.1) is 0 Å². The van der Waals surface area contributed by atoms with Gasteiger partial charge >= 0.3 is 0 Å². The molecule has 2 heteroatoms. The van der Waals surface area contributed by atoms with Crippen molar-refractivity contribution in [1.29, 1.82) is 0 Å². The lowest BCUT2D eigenvalue weighted by atomic mass is 10.0. The molecule has 0 rings (SSSR count). The van der Waals surface area contributed by atoms with E-state index >= 15 is 0 Å². The van der Waals surface area contributed by atoms with Crippen LogP contribution in [-0.4, -0.2) is 11.8 Å². The minimum absolute atomic E-state index is 0.0210. The van der Waals surface area contributed by atoms with Gasteiger partial charge in [0, 0.05) is 6.42 Å². The average molecular weight is 285 g/mol. The van der Waals surface area contributed by atoms with E-state index in [1.54, 1.807) is 0 Å². The van der Waals surface area contributed by atoms with Gasteiger partial charge in [-0.25, -0.2) is 0 Å². The normalized spacial score (nSPS) is 12.6. The van der Waals surface area contributed by atoms with Crippen molar-refractivity contribution in [1.82, 2.24) is 0 Å². The number of hydrogen-bond donors (Lipinski definition) is 1. The summed E-state index contributed by atoms with van der Waals surface area (Å²) < 4.78 is 0. The highest BCUT2D eigenvalue weighted by Gasteiger charge is 2.09. The number of quaternary nitrogens is 1. The van der Waals surface area contributed by atoms with Gasteiger partial charge in [-0.3, -0.25) is 4.79 Å². The molecule has 3 N–H and O–H groups in total. The summed E-state index contributed by atoms with van der Waals surface area (Å²) in [5.74, 6) is 0.327. The van der Waals surface area contributed by atoms with Crippen molar-refractivity contribution in [2.45, 2.75) is 110 Å². The average Bonchev–Trinajstić information content (AvgIpc) is 2.43. The molecule has 0 aromatic heterocycles. The third-order valence-electron chi connectivity index (χ3n) is 4.08. The number of rotatable bonds is 15. The summed E-state index contributed by atoms with van der Waals surface area (Å²) in [6, 6.07) is -0.0210. The van der Waals surface area contributed by atoms with Crippen LogP contribution in [0.25, 0.3) is 0 Å². The van der Waals surface area contributed by atoms with E-state index in [4.69, 9.17) is 0 Å². The van der Waals surface area contributed by atoms with Crippen LogP contribution in [0.4, 0.5) is 0 Å². The second kappa shape index (κ2) is 15.0. The Morgan fingerprint density at radius 3 is 1.45 bits per heavy atom. The molecule has 0 spiro atoms. The fraction of sp³-hybridized carbons (Fsp3) is 0.944. The lowest BCUT2D eigenvalue weighted by Crippen LogP contribution is -2.63. The first kappa shape index (κ1) is 19.6. The molecular formula is C18H38NO+. The molecule has 2 nitrogen and oxygen atoms in total. The molecule has 0 fully saturated rings. The van der Waals surface area contributed by atoms with E-state index in [-0.39, 0.29) is 6.04 Å². The van der Waals surface area contributed by atoms with Gasteiger partial charge in [0.2, 0.25) is 0 Å². The van der Waals surface area contributed by atoms with Crippen molar-refractivity contribution in [2.24, 2.45) is 0 Å². The largest absolute Gasteiger partial charge is 0.349 e. The van der Waals surface area contributed by atoms with Gasteiger partial charge in [0.1, 0.15) is 6.04 Å². The zero-order valence-corrected chi connectivity index (χ0v) is 14.1. The number of carbonyl (C=O) groups is 1. The highest BCUT2D eigenvalue weighted by Crippen LogP contribution is 2.13. The van der Waals surface area contributed by atoms with Crippen molar-refractivity contribution >= 4 is 5.78 Å². The van der Waals surface area contributed by atoms with E-state index in [1.807, 2.05) is 6.92 Å². The summed E-state index contributed by atoms with van der Waals surface area (Å²) in [5.41, 5.74) is 3.77. The Balaban J connectivity index is 3.04. The van der Waals surface area contributed by atoms with Crippen LogP contribution in [-0.2, 0) is 4.79 Å². The maximum absolute atomic E-state index is 11.4. The molecule has 0 amide bonds. The van der Waals surface area contributed by atoms with Crippen molar-refractivity contribution in [3.63, 3.8) is 0 Å². The van der Waals surface area contributed by atoms with Crippen molar-refractivity contribution in [2.75, 3.05) is 0 Å². The molecule has 20 heavy (non-hydrogen) atoms. The maximum Gasteiger partial charge on any atom is 0.189 e. The Morgan fingerprint density at radius 1 is 0.750 bits per heavy atom. The standard InChI is InChI=1S/C18H37NO/c1-3-4-5-6-7-8-9-10-11-12-13-14-15-16-18(20)17(2)19/h17H,3-16,19H2,1-2H3/p+1/t17-/m1/s1.